The number of ether oxygens (including phenoxy) is 2. The zero-order valence-corrected chi connectivity index (χ0v) is 21.3. The van der Waals surface area contributed by atoms with Gasteiger partial charge in [-0.25, -0.2) is 0 Å². The molecule has 0 radical (unpaired) electrons. The maximum Gasteiger partial charge on any atom is 0.417 e. The van der Waals surface area contributed by atoms with Crippen LogP contribution in [0, 0.1) is 25.2 Å². The van der Waals surface area contributed by atoms with Gasteiger partial charge in [0.1, 0.15) is 11.6 Å². The van der Waals surface area contributed by atoms with Gasteiger partial charge in [0.05, 0.1) is 32.0 Å². The van der Waals surface area contributed by atoms with Crippen molar-refractivity contribution < 1.29 is 22.6 Å². The molecule has 0 fully saturated rings. The van der Waals surface area contributed by atoms with Crippen LogP contribution in [0.25, 0.3) is 22.4 Å². The van der Waals surface area contributed by atoms with Gasteiger partial charge in [-0.3, -0.25) is 4.79 Å². The molecule has 194 valence electrons. The maximum absolute atomic E-state index is 14.0. The van der Waals surface area contributed by atoms with Crippen LogP contribution < -0.4 is 15.0 Å². The molecule has 0 N–H and O–H groups in total. The third-order valence-electron chi connectivity index (χ3n) is 6.42. The summed E-state index contributed by atoms with van der Waals surface area (Å²) in [7, 11) is 3.04. The normalized spacial score (nSPS) is 11.2. The second kappa shape index (κ2) is 10.5. The summed E-state index contributed by atoms with van der Waals surface area (Å²) in [5, 5.41) is 9.51. The second-order valence-corrected chi connectivity index (χ2v) is 8.90. The van der Waals surface area contributed by atoms with Gasteiger partial charge in [-0.1, -0.05) is 48.0 Å². The van der Waals surface area contributed by atoms with Gasteiger partial charge in [-0.15, -0.1) is 0 Å². The molecule has 3 aromatic carbocycles. The fourth-order valence-corrected chi connectivity index (χ4v) is 4.44. The molecule has 0 saturated carbocycles. The van der Waals surface area contributed by atoms with E-state index in [0.29, 0.717) is 22.6 Å². The fourth-order valence-electron chi connectivity index (χ4n) is 4.44. The van der Waals surface area contributed by atoms with Crippen LogP contribution in [0.3, 0.4) is 0 Å². The molecule has 0 bridgehead atoms. The van der Waals surface area contributed by atoms with Crippen LogP contribution >= 0.6 is 0 Å². The highest BCUT2D eigenvalue weighted by Crippen LogP contribution is 2.36. The lowest BCUT2D eigenvalue weighted by Gasteiger charge is -2.19. The van der Waals surface area contributed by atoms with Gasteiger partial charge >= 0.3 is 6.18 Å². The Labute approximate surface area is 218 Å². The summed E-state index contributed by atoms with van der Waals surface area (Å²) < 4.78 is 53.8. The standard InChI is InChI=1S/C30H25F3N2O3/c1-18-8-9-23(19(2)12-18)17-35-26(15-25(30(31,32)33)24(16-34)29(35)36)22-7-5-6-20(13-22)21-10-11-27(37-3)28(14-21)38-4/h5-15H,17H2,1-4H3. The van der Waals surface area contributed by atoms with E-state index in [9.17, 15) is 23.2 Å². The van der Waals surface area contributed by atoms with E-state index in [4.69, 9.17) is 9.47 Å². The van der Waals surface area contributed by atoms with Crippen LogP contribution in [0.15, 0.2) is 71.5 Å². The molecule has 0 aliphatic rings. The molecule has 4 rings (SSSR count). The quantitative estimate of drug-likeness (QED) is 0.283. The van der Waals surface area contributed by atoms with E-state index in [1.807, 2.05) is 44.2 Å². The molecule has 4 aromatic rings. The minimum absolute atomic E-state index is 0.00762. The summed E-state index contributed by atoms with van der Waals surface area (Å²) in [6.07, 6.45) is -4.88. The largest absolute Gasteiger partial charge is 0.493 e. The molecule has 0 amide bonds. The SMILES string of the molecule is COc1ccc(-c2cccc(-c3cc(C(F)(F)F)c(C#N)c(=O)n3Cc3ccc(C)cc3C)c2)cc1OC. The van der Waals surface area contributed by atoms with Crippen molar-refractivity contribution in [1.82, 2.24) is 4.57 Å². The highest BCUT2D eigenvalue weighted by atomic mass is 19.4. The Morgan fingerprint density at radius 1 is 0.868 bits per heavy atom. The number of nitrogens with zero attached hydrogens (tertiary/aromatic N) is 2. The van der Waals surface area contributed by atoms with Crippen LogP contribution in [0.4, 0.5) is 13.2 Å². The van der Waals surface area contributed by atoms with Crippen molar-refractivity contribution in [3.05, 3.63) is 105 Å². The van der Waals surface area contributed by atoms with Gasteiger partial charge in [-0.05, 0) is 65.9 Å². The van der Waals surface area contributed by atoms with E-state index in [2.05, 4.69) is 0 Å². The van der Waals surface area contributed by atoms with Crippen LogP contribution in [0.2, 0.25) is 0 Å². The Morgan fingerprint density at radius 2 is 1.55 bits per heavy atom. The van der Waals surface area contributed by atoms with E-state index in [1.165, 1.54) is 24.9 Å². The Morgan fingerprint density at radius 3 is 2.18 bits per heavy atom. The molecule has 0 unspecified atom stereocenters. The molecular weight excluding hydrogens is 493 g/mol. The van der Waals surface area contributed by atoms with E-state index in [0.717, 1.165) is 28.3 Å². The van der Waals surface area contributed by atoms with E-state index < -0.39 is 22.9 Å². The van der Waals surface area contributed by atoms with Crippen LogP contribution in [-0.4, -0.2) is 18.8 Å². The smallest absolute Gasteiger partial charge is 0.417 e. The van der Waals surface area contributed by atoms with Crippen molar-refractivity contribution in [1.29, 1.82) is 5.26 Å². The number of benzene rings is 3. The monoisotopic (exact) mass is 518 g/mol. The Kier molecular flexibility index (Phi) is 7.31. The van der Waals surface area contributed by atoms with Crippen molar-refractivity contribution in [2.75, 3.05) is 14.2 Å². The summed E-state index contributed by atoms with van der Waals surface area (Å²) in [5.74, 6) is 1.04. The first-order valence-electron chi connectivity index (χ1n) is 11.7. The Hall–Kier alpha value is -4.51. The third-order valence-corrected chi connectivity index (χ3v) is 6.42. The van der Waals surface area contributed by atoms with Crippen molar-refractivity contribution >= 4 is 0 Å². The average Bonchev–Trinajstić information content (AvgIpc) is 2.89. The molecule has 0 atom stereocenters. The van der Waals surface area contributed by atoms with Gasteiger partial charge < -0.3 is 14.0 Å². The predicted octanol–water partition coefficient (Wildman–Crippen LogP) is 6.76. The zero-order chi connectivity index (χ0) is 27.6. The molecular formula is C30H25F3N2O3. The van der Waals surface area contributed by atoms with Gasteiger partial charge in [0.2, 0.25) is 0 Å². The predicted molar refractivity (Wildman–Crippen MR) is 139 cm³/mol. The summed E-state index contributed by atoms with van der Waals surface area (Å²) in [6.45, 7) is 3.81. The number of aromatic nitrogens is 1. The molecule has 0 aliphatic heterocycles. The Balaban J connectivity index is 1.95. The highest BCUT2D eigenvalue weighted by molar-refractivity contribution is 5.74. The lowest BCUT2D eigenvalue weighted by atomic mass is 9.98. The third kappa shape index (κ3) is 5.14. The number of aryl methyl sites for hydroxylation is 2. The highest BCUT2D eigenvalue weighted by Gasteiger charge is 2.36. The molecule has 38 heavy (non-hydrogen) atoms. The summed E-state index contributed by atoms with van der Waals surface area (Å²) in [6, 6.07) is 20.2. The summed E-state index contributed by atoms with van der Waals surface area (Å²) in [5.41, 5.74) is 1.40. The lowest BCUT2D eigenvalue weighted by Crippen LogP contribution is -2.29. The number of hydrogen-bond acceptors (Lipinski definition) is 4. The minimum Gasteiger partial charge on any atom is -0.493 e. The molecule has 0 spiro atoms. The van der Waals surface area contributed by atoms with Crippen molar-refractivity contribution in [2.24, 2.45) is 0 Å². The number of pyridine rings is 1. The van der Waals surface area contributed by atoms with Crippen molar-refractivity contribution in [3.63, 3.8) is 0 Å². The Bertz CT molecular complexity index is 1620. The van der Waals surface area contributed by atoms with E-state index in [1.54, 1.807) is 30.3 Å². The number of alkyl halides is 3. The van der Waals surface area contributed by atoms with Gasteiger partial charge in [-0.2, -0.15) is 18.4 Å². The number of halogens is 3. The van der Waals surface area contributed by atoms with Crippen LogP contribution in [-0.2, 0) is 12.7 Å². The zero-order valence-electron chi connectivity index (χ0n) is 21.3. The van der Waals surface area contributed by atoms with Crippen LogP contribution in [0.1, 0.15) is 27.8 Å². The lowest BCUT2D eigenvalue weighted by molar-refractivity contribution is -0.137. The van der Waals surface area contributed by atoms with Gasteiger partial charge in [0, 0.05) is 0 Å². The second-order valence-electron chi connectivity index (χ2n) is 8.90. The number of rotatable bonds is 6. The first-order chi connectivity index (χ1) is 18.1. The topological polar surface area (TPSA) is 64.2 Å². The number of hydrogen-bond donors (Lipinski definition) is 0. The van der Waals surface area contributed by atoms with Crippen molar-refractivity contribution in [2.45, 2.75) is 26.6 Å². The minimum atomic E-state index is -4.88. The summed E-state index contributed by atoms with van der Waals surface area (Å²) in [4.78, 5) is 13.4. The van der Waals surface area contributed by atoms with E-state index >= 15 is 0 Å². The molecule has 0 aliphatic carbocycles. The first kappa shape index (κ1) is 26.6. The molecule has 1 heterocycles. The van der Waals surface area contributed by atoms with Gasteiger partial charge in [0.15, 0.2) is 11.5 Å². The molecule has 0 saturated heterocycles. The molecule has 8 heteroatoms. The first-order valence-corrected chi connectivity index (χ1v) is 11.7. The number of nitriles is 1. The molecule has 1 aromatic heterocycles. The van der Waals surface area contributed by atoms with Crippen molar-refractivity contribution in [3.8, 4) is 40.0 Å². The fraction of sp³-hybridized carbons (Fsp3) is 0.200. The maximum atomic E-state index is 14.0. The van der Waals surface area contributed by atoms with E-state index in [-0.39, 0.29) is 12.2 Å². The molecule has 5 nitrogen and oxygen atoms in total. The van der Waals surface area contributed by atoms with Gasteiger partial charge in [0.25, 0.3) is 5.56 Å². The summed E-state index contributed by atoms with van der Waals surface area (Å²) >= 11 is 0. The average molecular weight is 519 g/mol. The van der Waals surface area contributed by atoms with Crippen LogP contribution in [0.5, 0.6) is 11.5 Å². The number of methoxy groups -OCH3 is 2.